The number of nitrogens with zero attached hydrogens (tertiary/aromatic N) is 1. The lowest BCUT2D eigenvalue weighted by molar-refractivity contribution is -0.143. The Hall–Kier alpha value is -4.20. The summed E-state index contributed by atoms with van der Waals surface area (Å²) in [7, 11) is 1.54. The van der Waals surface area contributed by atoms with Crippen LogP contribution in [-0.4, -0.2) is 89.9 Å². The van der Waals surface area contributed by atoms with Crippen molar-refractivity contribution in [1.29, 1.82) is 0 Å². The van der Waals surface area contributed by atoms with E-state index in [1.807, 2.05) is 13.8 Å². The van der Waals surface area contributed by atoms with Crippen LogP contribution in [0.2, 0.25) is 0 Å². The first-order chi connectivity index (χ1) is 21.1. The maximum absolute atomic E-state index is 13.8. The Morgan fingerprint density at radius 1 is 0.977 bits per heavy atom. The quantitative estimate of drug-likeness (QED) is 0.139. The number of hydroxylamine groups is 1. The van der Waals surface area contributed by atoms with Crippen LogP contribution in [0.15, 0.2) is 24.3 Å². The minimum atomic E-state index is -1.17. The summed E-state index contributed by atoms with van der Waals surface area (Å²) in [6, 6.07) is 3.08. The molecule has 44 heavy (non-hydrogen) atoms. The van der Waals surface area contributed by atoms with Gasteiger partial charge >= 0.3 is 0 Å². The molecule has 1 aromatic rings. The third-order valence-corrected chi connectivity index (χ3v) is 8.11. The topological polar surface area (TPSA) is 195 Å². The molecule has 0 spiro atoms. The van der Waals surface area contributed by atoms with Gasteiger partial charge in [-0.2, -0.15) is 0 Å². The summed E-state index contributed by atoms with van der Waals surface area (Å²) in [5, 5.41) is 19.5. The zero-order valence-corrected chi connectivity index (χ0v) is 25.5. The number of nitrogens with one attached hydrogen (secondary N) is 5. The number of rotatable bonds is 12. The van der Waals surface area contributed by atoms with E-state index in [9.17, 15) is 28.8 Å². The van der Waals surface area contributed by atoms with Gasteiger partial charge in [0.2, 0.25) is 35.4 Å². The molecule has 2 aliphatic rings. The van der Waals surface area contributed by atoms with Crippen molar-refractivity contribution in [3.63, 3.8) is 0 Å². The largest absolute Gasteiger partial charge is 0.497 e. The zero-order chi connectivity index (χ0) is 32.2. The van der Waals surface area contributed by atoms with E-state index in [-0.39, 0.29) is 44.1 Å². The van der Waals surface area contributed by atoms with Crippen LogP contribution in [0.25, 0.3) is 0 Å². The summed E-state index contributed by atoms with van der Waals surface area (Å²) in [5.74, 6) is -2.41. The van der Waals surface area contributed by atoms with E-state index in [4.69, 9.17) is 9.94 Å². The second-order valence-electron chi connectivity index (χ2n) is 11.3. The summed E-state index contributed by atoms with van der Waals surface area (Å²) in [6.45, 7) is 4.30. The highest BCUT2D eigenvalue weighted by atomic mass is 16.5. The molecule has 2 heterocycles. The summed E-state index contributed by atoms with van der Waals surface area (Å²) in [4.78, 5) is 79.7. The molecule has 1 aromatic carbocycles. The maximum atomic E-state index is 13.8. The fourth-order valence-corrected chi connectivity index (χ4v) is 5.32. The smallest absolute Gasteiger partial charge is 0.245 e. The summed E-state index contributed by atoms with van der Waals surface area (Å²) < 4.78 is 5.22. The molecular formula is C30H44N6O8. The van der Waals surface area contributed by atoms with Crippen molar-refractivity contribution < 1.29 is 38.7 Å². The number of hydrogen-bond acceptors (Lipinski definition) is 8. The molecule has 242 valence electrons. The first kappa shape index (κ1) is 34.3. The molecular weight excluding hydrogens is 572 g/mol. The predicted molar refractivity (Wildman–Crippen MR) is 158 cm³/mol. The number of methoxy groups -OCH3 is 1. The molecule has 0 radical (unpaired) electrons. The molecule has 2 fully saturated rings. The number of ether oxygens (including phenoxy) is 1. The molecule has 6 N–H and O–H groups in total. The van der Waals surface area contributed by atoms with Crippen LogP contribution >= 0.6 is 0 Å². The second kappa shape index (κ2) is 16.6. The van der Waals surface area contributed by atoms with Crippen LogP contribution in [0.4, 0.5) is 0 Å². The normalized spacial score (nSPS) is 23.2. The van der Waals surface area contributed by atoms with E-state index < -0.39 is 53.7 Å². The van der Waals surface area contributed by atoms with Gasteiger partial charge in [-0.1, -0.05) is 32.4 Å². The van der Waals surface area contributed by atoms with Crippen molar-refractivity contribution in [2.45, 2.75) is 89.4 Å². The van der Waals surface area contributed by atoms with Crippen LogP contribution in [-0.2, 0) is 35.2 Å². The number of amides is 6. The Kier molecular flexibility index (Phi) is 12.9. The highest BCUT2D eigenvalue weighted by Gasteiger charge is 2.41. The molecule has 5 atom stereocenters. The van der Waals surface area contributed by atoms with Gasteiger partial charge < -0.3 is 30.9 Å². The molecule has 2 saturated heterocycles. The molecule has 2 aliphatic heterocycles. The lowest BCUT2D eigenvalue weighted by Crippen LogP contribution is -2.61. The average Bonchev–Trinajstić information content (AvgIpc) is 3.51. The fourth-order valence-electron chi connectivity index (χ4n) is 5.32. The van der Waals surface area contributed by atoms with Gasteiger partial charge in [-0.3, -0.25) is 34.0 Å². The predicted octanol–water partition coefficient (Wildman–Crippen LogP) is -0.0752. The summed E-state index contributed by atoms with van der Waals surface area (Å²) in [6.07, 6.45) is 1.87. The Labute approximate surface area is 257 Å². The molecule has 1 unspecified atom stereocenters. The maximum Gasteiger partial charge on any atom is 0.245 e. The Morgan fingerprint density at radius 3 is 2.30 bits per heavy atom. The fraction of sp³-hybridized carbons (Fsp3) is 0.600. The van der Waals surface area contributed by atoms with E-state index in [1.54, 1.807) is 24.3 Å². The van der Waals surface area contributed by atoms with Crippen LogP contribution in [0.5, 0.6) is 5.75 Å². The van der Waals surface area contributed by atoms with Crippen molar-refractivity contribution in [3.05, 3.63) is 29.8 Å². The molecule has 0 bridgehead atoms. The first-order valence-electron chi connectivity index (χ1n) is 15.1. The molecule has 0 aromatic heterocycles. The van der Waals surface area contributed by atoms with Gasteiger partial charge in [-0.25, -0.2) is 5.48 Å². The van der Waals surface area contributed by atoms with Crippen LogP contribution in [0.3, 0.4) is 0 Å². The summed E-state index contributed by atoms with van der Waals surface area (Å²) in [5.41, 5.74) is 2.21. The van der Waals surface area contributed by atoms with Crippen LogP contribution in [0.1, 0.15) is 64.4 Å². The Balaban J connectivity index is 1.87. The molecule has 14 nitrogen and oxygen atoms in total. The number of carbonyl (C=O) groups is 6. The van der Waals surface area contributed by atoms with E-state index >= 15 is 0 Å². The van der Waals surface area contributed by atoms with Crippen molar-refractivity contribution in [3.8, 4) is 5.75 Å². The van der Waals surface area contributed by atoms with E-state index in [0.717, 1.165) is 12.0 Å². The molecule has 0 saturated carbocycles. The monoisotopic (exact) mass is 616 g/mol. The third-order valence-electron chi connectivity index (χ3n) is 8.11. The van der Waals surface area contributed by atoms with Gasteiger partial charge in [0, 0.05) is 32.4 Å². The third kappa shape index (κ3) is 9.66. The standard InChI is InChI=1S/C30H44N6O8/c1-4-18(2)16-23-30(42)36-15-5-6-24(36)29(41)32-21(11-12-25(37)31-14-13-26(38)35-43)27(39)33-22(28(40)34-23)17-19-7-9-20(44-3)10-8-19/h7-10,18,21-24,43H,4-6,11-17H2,1-3H3,(H,31,37)(H,32,41)(H,33,39)(H,34,40)(H,35,38)/t18?,21-,22+,23-,24+/m0/s1. The van der Waals surface area contributed by atoms with Crippen molar-refractivity contribution in [2.24, 2.45) is 5.92 Å². The van der Waals surface area contributed by atoms with Gasteiger partial charge in [0.15, 0.2) is 0 Å². The van der Waals surface area contributed by atoms with E-state index in [1.165, 1.54) is 17.5 Å². The molecule has 14 heteroatoms. The number of fused-ring (bicyclic) bond motifs is 1. The minimum absolute atomic E-state index is 0.0322. The Morgan fingerprint density at radius 2 is 1.64 bits per heavy atom. The summed E-state index contributed by atoms with van der Waals surface area (Å²) >= 11 is 0. The highest BCUT2D eigenvalue weighted by Crippen LogP contribution is 2.22. The van der Waals surface area contributed by atoms with Crippen molar-refractivity contribution in [1.82, 2.24) is 31.6 Å². The molecule has 6 amide bonds. The SMILES string of the molecule is CCC(C)C[C@@H]1NC(=O)[C@@H](Cc2ccc(OC)cc2)NC(=O)[C@H](CCC(=O)NCCC(=O)NO)NC(=O)[C@H]2CCCN2C1=O. The minimum Gasteiger partial charge on any atom is -0.497 e. The Bertz CT molecular complexity index is 1190. The van der Waals surface area contributed by atoms with E-state index in [2.05, 4.69) is 21.3 Å². The lowest BCUT2D eigenvalue weighted by atomic mass is 9.96. The van der Waals surface area contributed by atoms with Gasteiger partial charge in [0.25, 0.3) is 0 Å². The van der Waals surface area contributed by atoms with Crippen LogP contribution in [0, 0.1) is 5.92 Å². The van der Waals surface area contributed by atoms with Crippen LogP contribution < -0.4 is 31.5 Å². The second-order valence-corrected chi connectivity index (χ2v) is 11.3. The molecule has 0 aliphatic carbocycles. The first-order valence-corrected chi connectivity index (χ1v) is 15.1. The van der Waals surface area contributed by atoms with Crippen molar-refractivity contribution in [2.75, 3.05) is 20.2 Å². The van der Waals surface area contributed by atoms with E-state index in [0.29, 0.717) is 31.6 Å². The number of carbonyl (C=O) groups excluding carboxylic acids is 6. The zero-order valence-electron chi connectivity index (χ0n) is 25.5. The number of benzene rings is 1. The van der Waals surface area contributed by atoms with Gasteiger partial charge in [-0.15, -0.1) is 0 Å². The highest BCUT2D eigenvalue weighted by molar-refractivity contribution is 5.98. The van der Waals surface area contributed by atoms with Crippen molar-refractivity contribution >= 4 is 35.4 Å². The lowest BCUT2D eigenvalue weighted by Gasteiger charge is -2.33. The number of hydrogen-bond donors (Lipinski definition) is 6. The van der Waals surface area contributed by atoms with Gasteiger partial charge in [0.05, 0.1) is 7.11 Å². The van der Waals surface area contributed by atoms with Gasteiger partial charge in [0.1, 0.15) is 29.9 Å². The van der Waals surface area contributed by atoms with Gasteiger partial charge in [-0.05, 0) is 49.3 Å². The average molecular weight is 617 g/mol. The molecule has 3 rings (SSSR count).